The van der Waals surface area contributed by atoms with Crippen LogP contribution < -0.4 is 4.72 Å². The molecule has 2 aliphatic rings. The molecule has 7 heteroatoms. The summed E-state index contributed by atoms with van der Waals surface area (Å²) in [6.45, 7) is 2.14. The largest absolute Gasteiger partial charge is 0.300 e. The van der Waals surface area contributed by atoms with Gasteiger partial charge in [-0.05, 0) is 50.9 Å². The second-order valence-corrected chi connectivity index (χ2v) is 7.59. The number of hydrogen-bond donors (Lipinski definition) is 1. The number of piperidine rings is 1. The summed E-state index contributed by atoms with van der Waals surface area (Å²) in [5, 5.41) is 0.193. The summed E-state index contributed by atoms with van der Waals surface area (Å²) < 4.78 is 27.5. The maximum atomic E-state index is 12.3. The number of rotatable bonds is 3. The van der Waals surface area contributed by atoms with E-state index in [1.54, 1.807) is 0 Å². The maximum absolute atomic E-state index is 12.3. The molecule has 2 atom stereocenters. The van der Waals surface area contributed by atoms with Gasteiger partial charge in [0.25, 0.3) is 0 Å². The first-order valence-corrected chi connectivity index (χ1v) is 8.79. The minimum absolute atomic E-state index is 0.0197. The Labute approximate surface area is 124 Å². The quantitative estimate of drug-likeness (QED) is 0.861. The fourth-order valence-corrected chi connectivity index (χ4v) is 4.71. The number of hydrogen-bond acceptors (Lipinski definition) is 4. The standard InChI is InChI=1S/C13H18ClN3O2S/c14-13-9-12(3-5-15-13)20(18,19)16-10-4-7-17-6-1-2-11(17)8-10/h3,5,9-11,16H,1-2,4,6-8H2. The molecule has 1 aromatic rings. The Bertz CT molecular complexity index is 593. The molecule has 0 aromatic carbocycles. The predicted molar refractivity (Wildman–Crippen MR) is 77.2 cm³/mol. The number of nitrogens with one attached hydrogen (secondary N) is 1. The Hall–Kier alpha value is -0.690. The molecule has 20 heavy (non-hydrogen) atoms. The van der Waals surface area contributed by atoms with Gasteiger partial charge < -0.3 is 4.90 Å². The summed E-state index contributed by atoms with van der Waals surface area (Å²) in [7, 11) is -3.50. The number of aromatic nitrogens is 1. The summed E-state index contributed by atoms with van der Waals surface area (Å²) in [5.74, 6) is 0. The Morgan fingerprint density at radius 3 is 3.00 bits per heavy atom. The minimum atomic E-state index is -3.50. The lowest BCUT2D eigenvalue weighted by Gasteiger charge is -2.34. The molecule has 0 amide bonds. The van der Waals surface area contributed by atoms with E-state index in [9.17, 15) is 8.42 Å². The number of nitrogens with zero attached hydrogens (tertiary/aromatic N) is 2. The summed E-state index contributed by atoms with van der Waals surface area (Å²) in [6, 6.07) is 3.41. The van der Waals surface area contributed by atoms with E-state index in [4.69, 9.17) is 11.6 Å². The monoisotopic (exact) mass is 315 g/mol. The van der Waals surface area contributed by atoms with Gasteiger partial charge in [0, 0.05) is 18.3 Å². The summed E-state index contributed by atoms with van der Waals surface area (Å²) in [4.78, 5) is 6.46. The summed E-state index contributed by atoms with van der Waals surface area (Å²) >= 11 is 5.76. The molecule has 1 N–H and O–H groups in total. The van der Waals surface area contributed by atoms with Gasteiger partial charge in [0.15, 0.2) is 0 Å². The zero-order valence-electron chi connectivity index (χ0n) is 11.1. The molecule has 2 saturated heterocycles. The fraction of sp³-hybridized carbons (Fsp3) is 0.615. The van der Waals surface area contributed by atoms with Crippen molar-refractivity contribution in [2.75, 3.05) is 13.1 Å². The van der Waals surface area contributed by atoms with E-state index < -0.39 is 10.0 Å². The lowest BCUT2D eigenvalue weighted by Crippen LogP contribution is -2.47. The van der Waals surface area contributed by atoms with Crippen LogP contribution in [-0.4, -0.2) is 43.5 Å². The number of pyridine rings is 1. The summed E-state index contributed by atoms with van der Waals surface area (Å²) in [5.41, 5.74) is 0. The van der Waals surface area contributed by atoms with Gasteiger partial charge in [-0.1, -0.05) is 11.6 Å². The summed E-state index contributed by atoms with van der Waals surface area (Å²) in [6.07, 6.45) is 5.59. The van der Waals surface area contributed by atoms with Crippen LogP contribution in [0.5, 0.6) is 0 Å². The first kappa shape index (κ1) is 14.3. The smallest absolute Gasteiger partial charge is 0.240 e. The molecule has 3 rings (SSSR count). The molecule has 2 unspecified atom stereocenters. The van der Waals surface area contributed by atoms with Crippen LogP contribution in [0, 0.1) is 0 Å². The average Bonchev–Trinajstić information content (AvgIpc) is 2.85. The Kier molecular flexibility index (Phi) is 3.99. The molecule has 0 saturated carbocycles. The van der Waals surface area contributed by atoms with Crippen LogP contribution >= 0.6 is 11.6 Å². The predicted octanol–water partition coefficient (Wildman–Crippen LogP) is 1.64. The number of fused-ring (bicyclic) bond motifs is 1. The van der Waals surface area contributed by atoms with E-state index in [1.807, 2.05) is 0 Å². The van der Waals surface area contributed by atoms with Crippen molar-refractivity contribution in [3.63, 3.8) is 0 Å². The van der Waals surface area contributed by atoms with Crippen LogP contribution in [-0.2, 0) is 10.0 Å². The molecule has 1 aromatic heterocycles. The maximum Gasteiger partial charge on any atom is 0.240 e. The van der Waals surface area contributed by atoms with Crippen LogP contribution in [0.3, 0.4) is 0 Å². The van der Waals surface area contributed by atoms with Gasteiger partial charge in [-0.3, -0.25) is 0 Å². The van der Waals surface area contributed by atoms with Gasteiger partial charge in [0.1, 0.15) is 5.15 Å². The second kappa shape index (κ2) is 5.60. The third-order valence-electron chi connectivity index (χ3n) is 4.15. The van der Waals surface area contributed by atoms with Crippen molar-refractivity contribution in [2.45, 2.75) is 42.7 Å². The highest BCUT2D eigenvalue weighted by Gasteiger charge is 2.33. The highest BCUT2D eigenvalue weighted by molar-refractivity contribution is 7.89. The van der Waals surface area contributed by atoms with Gasteiger partial charge in [-0.2, -0.15) is 0 Å². The van der Waals surface area contributed by atoms with E-state index in [-0.39, 0.29) is 16.1 Å². The van der Waals surface area contributed by atoms with Gasteiger partial charge in [0.2, 0.25) is 10.0 Å². The lowest BCUT2D eigenvalue weighted by molar-refractivity contribution is 0.176. The van der Waals surface area contributed by atoms with E-state index in [0.717, 1.165) is 25.9 Å². The molecule has 3 heterocycles. The first-order chi connectivity index (χ1) is 9.54. The molecule has 2 fully saturated rings. The Balaban J connectivity index is 1.70. The molecule has 0 radical (unpaired) electrons. The third-order valence-corrected chi connectivity index (χ3v) is 5.88. The van der Waals surface area contributed by atoms with Crippen LogP contribution in [0.1, 0.15) is 25.7 Å². The van der Waals surface area contributed by atoms with Crippen molar-refractivity contribution in [3.05, 3.63) is 23.5 Å². The second-order valence-electron chi connectivity index (χ2n) is 5.49. The van der Waals surface area contributed by atoms with Gasteiger partial charge in [-0.25, -0.2) is 18.1 Å². The zero-order valence-corrected chi connectivity index (χ0v) is 12.7. The first-order valence-electron chi connectivity index (χ1n) is 6.92. The van der Waals surface area contributed by atoms with E-state index in [2.05, 4.69) is 14.6 Å². The van der Waals surface area contributed by atoms with Crippen molar-refractivity contribution in [3.8, 4) is 0 Å². The fourth-order valence-electron chi connectivity index (χ4n) is 3.17. The van der Waals surface area contributed by atoms with Crippen molar-refractivity contribution >= 4 is 21.6 Å². The van der Waals surface area contributed by atoms with Crippen LogP contribution in [0.2, 0.25) is 5.15 Å². The van der Waals surface area contributed by atoms with Crippen molar-refractivity contribution in [1.82, 2.24) is 14.6 Å². The topological polar surface area (TPSA) is 62.3 Å². The van der Waals surface area contributed by atoms with Crippen molar-refractivity contribution in [1.29, 1.82) is 0 Å². The van der Waals surface area contributed by atoms with Gasteiger partial charge in [-0.15, -0.1) is 0 Å². The van der Waals surface area contributed by atoms with E-state index in [0.29, 0.717) is 6.04 Å². The molecule has 0 aliphatic carbocycles. The van der Waals surface area contributed by atoms with E-state index >= 15 is 0 Å². The van der Waals surface area contributed by atoms with Crippen molar-refractivity contribution in [2.24, 2.45) is 0 Å². The molecule has 5 nitrogen and oxygen atoms in total. The van der Waals surface area contributed by atoms with Crippen molar-refractivity contribution < 1.29 is 8.42 Å². The van der Waals surface area contributed by atoms with E-state index in [1.165, 1.54) is 31.2 Å². The normalized spacial score (nSPS) is 27.4. The lowest BCUT2D eigenvalue weighted by atomic mass is 9.99. The average molecular weight is 316 g/mol. The minimum Gasteiger partial charge on any atom is -0.300 e. The van der Waals surface area contributed by atoms with Gasteiger partial charge in [0.05, 0.1) is 4.90 Å². The number of halogens is 1. The molecule has 110 valence electrons. The molecule has 0 spiro atoms. The van der Waals surface area contributed by atoms with Crippen LogP contribution in [0.4, 0.5) is 0 Å². The molecular formula is C13H18ClN3O2S. The van der Waals surface area contributed by atoms with Crippen LogP contribution in [0.25, 0.3) is 0 Å². The zero-order chi connectivity index (χ0) is 14.2. The SMILES string of the molecule is O=S(=O)(NC1CCN2CCCC2C1)c1ccnc(Cl)c1. The Morgan fingerprint density at radius 2 is 2.20 bits per heavy atom. The molecular weight excluding hydrogens is 298 g/mol. The van der Waals surface area contributed by atoms with Crippen LogP contribution in [0.15, 0.2) is 23.2 Å². The third kappa shape index (κ3) is 2.98. The number of sulfonamides is 1. The highest BCUT2D eigenvalue weighted by Crippen LogP contribution is 2.27. The molecule has 0 bridgehead atoms. The molecule has 2 aliphatic heterocycles. The highest BCUT2D eigenvalue weighted by atomic mass is 35.5. The van der Waals surface area contributed by atoms with Gasteiger partial charge >= 0.3 is 0 Å². The Morgan fingerprint density at radius 1 is 1.35 bits per heavy atom.